The number of aromatic nitrogens is 1. The van der Waals surface area contributed by atoms with Crippen molar-refractivity contribution < 1.29 is 4.79 Å². The van der Waals surface area contributed by atoms with Crippen LogP contribution in [-0.4, -0.2) is 30.5 Å². The van der Waals surface area contributed by atoms with Crippen LogP contribution in [0.4, 0.5) is 0 Å². The van der Waals surface area contributed by atoms with Crippen LogP contribution in [0, 0.1) is 5.92 Å². The number of nitrogens with one attached hydrogen (secondary N) is 2. The minimum Gasteiger partial charge on any atom is -0.355 e. The van der Waals surface area contributed by atoms with E-state index in [2.05, 4.69) is 15.6 Å². The molecule has 0 saturated carbocycles. The summed E-state index contributed by atoms with van der Waals surface area (Å²) in [5.41, 5.74) is 0.963. The molecular weight excluding hydrogens is 202 g/mol. The summed E-state index contributed by atoms with van der Waals surface area (Å²) in [7, 11) is 0. The maximum Gasteiger partial charge on any atom is 0.224 e. The van der Waals surface area contributed by atoms with Gasteiger partial charge >= 0.3 is 0 Å². The largest absolute Gasteiger partial charge is 0.355 e. The molecule has 1 aliphatic rings. The Morgan fingerprint density at radius 2 is 2.56 bits per heavy atom. The number of carbonyl (C=O) groups excluding carboxylic acids is 1. The van der Waals surface area contributed by atoms with Gasteiger partial charge in [-0.3, -0.25) is 9.78 Å². The summed E-state index contributed by atoms with van der Waals surface area (Å²) in [5.74, 6) is 0.678. The molecule has 0 aromatic carbocycles. The third-order valence-electron chi connectivity index (χ3n) is 2.84. The zero-order chi connectivity index (χ0) is 11.2. The van der Waals surface area contributed by atoms with Crippen molar-refractivity contribution in [3.8, 4) is 0 Å². The van der Waals surface area contributed by atoms with Crippen LogP contribution in [0.2, 0.25) is 0 Å². The highest BCUT2D eigenvalue weighted by Crippen LogP contribution is 2.05. The van der Waals surface area contributed by atoms with Gasteiger partial charge in [-0.05, 0) is 37.1 Å². The van der Waals surface area contributed by atoms with Gasteiger partial charge in [0.2, 0.25) is 5.91 Å². The van der Waals surface area contributed by atoms with E-state index < -0.39 is 0 Å². The average molecular weight is 219 g/mol. The molecule has 1 aliphatic heterocycles. The van der Waals surface area contributed by atoms with Gasteiger partial charge in [0.05, 0.1) is 6.42 Å². The van der Waals surface area contributed by atoms with Gasteiger partial charge in [0.25, 0.3) is 0 Å². The molecule has 1 unspecified atom stereocenters. The van der Waals surface area contributed by atoms with Gasteiger partial charge in [-0.15, -0.1) is 0 Å². The quantitative estimate of drug-likeness (QED) is 0.768. The molecule has 1 atom stereocenters. The monoisotopic (exact) mass is 219 g/mol. The van der Waals surface area contributed by atoms with Gasteiger partial charge in [0, 0.05) is 18.9 Å². The number of hydrogen-bond donors (Lipinski definition) is 2. The summed E-state index contributed by atoms with van der Waals surface area (Å²) in [6.07, 6.45) is 5.03. The van der Waals surface area contributed by atoms with E-state index in [-0.39, 0.29) is 5.91 Å². The number of carbonyl (C=O) groups is 1. The Morgan fingerprint density at radius 1 is 1.62 bits per heavy atom. The molecule has 0 spiro atoms. The molecule has 1 saturated heterocycles. The van der Waals surface area contributed by atoms with Crippen LogP contribution in [0.3, 0.4) is 0 Å². The van der Waals surface area contributed by atoms with Crippen molar-refractivity contribution in [1.82, 2.24) is 15.6 Å². The van der Waals surface area contributed by atoms with Gasteiger partial charge in [-0.2, -0.15) is 0 Å². The Hall–Kier alpha value is -1.42. The van der Waals surface area contributed by atoms with Crippen molar-refractivity contribution in [2.45, 2.75) is 12.8 Å². The van der Waals surface area contributed by atoms with Gasteiger partial charge in [0.1, 0.15) is 0 Å². The Balaban J connectivity index is 1.72. The lowest BCUT2D eigenvalue weighted by atomic mass is 10.1. The molecule has 1 aromatic heterocycles. The molecular formula is C12H17N3O. The molecule has 4 nitrogen and oxygen atoms in total. The molecule has 0 radical (unpaired) electrons. The number of hydrogen-bond acceptors (Lipinski definition) is 3. The minimum absolute atomic E-state index is 0.0832. The lowest BCUT2D eigenvalue weighted by Crippen LogP contribution is -2.31. The molecule has 2 rings (SSSR count). The topological polar surface area (TPSA) is 54.0 Å². The molecule has 2 heterocycles. The Bertz CT molecular complexity index is 333. The normalized spacial score (nSPS) is 19.6. The van der Waals surface area contributed by atoms with Crippen molar-refractivity contribution in [2.24, 2.45) is 5.92 Å². The summed E-state index contributed by atoms with van der Waals surface area (Å²) >= 11 is 0. The highest BCUT2D eigenvalue weighted by molar-refractivity contribution is 5.78. The molecule has 0 bridgehead atoms. The summed E-state index contributed by atoms with van der Waals surface area (Å²) in [4.78, 5) is 15.6. The number of nitrogens with zero attached hydrogens (tertiary/aromatic N) is 1. The molecule has 16 heavy (non-hydrogen) atoms. The van der Waals surface area contributed by atoms with E-state index in [1.165, 1.54) is 0 Å². The average Bonchev–Trinajstić information content (AvgIpc) is 2.81. The van der Waals surface area contributed by atoms with Crippen molar-refractivity contribution in [3.63, 3.8) is 0 Å². The van der Waals surface area contributed by atoms with Crippen molar-refractivity contribution >= 4 is 5.91 Å². The first-order valence-corrected chi connectivity index (χ1v) is 5.71. The fourth-order valence-corrected chi connectivity index (χ4v) is 1.90. The molecule has 1 amide bonds. The predicted molar refractivity (Wildman–Crippen MR) is 61.9 cm³/mol. The van der Waals surface area contributed by atoms with Gasteiger partial charge in [-0.1, -0.05) is 6.07 Å². The summed E-state index contributed by atoms with van der Waals surface area (Å²) < 4.78 is 0. The van der Waals surface area contributed by atoms with E-state index in [1.807, 2.05) is 12.1 Å². The zero-order valence-corrected chi connectivity index (χ0v) is 9.28. The highest BCUT2D eigenvalue weighted by atomic mass is 16.1. The van der Waals surface area contributed by atoms with Crippen LogP contribution in [-0.2, 0) is 11.2 Å². The molecule has 1 aromatic rings. The SMILES string of the molecule is O=C(Cc1cccnc1)NCC1CCNC1. The van der Waals surface area contributed by atoms with E-state index >= 15 is 0 Å². The molecule has 0 aliphatic carbocycles. The first-order valence-electron chi connectivity index (χ1n) is 5.71. The van der Waals surface area contributed by atoms with Crippen molar-refractivity contribution in [2.75, 3.05) is 19.6 Å². The first kappa shape index (κ1) is 11.1. The van der Waals surface area contributed by atoms with Crippen molar-refractivity contribution in [3.05, 3.63) is 30.1 Å². The maximum atomic E-state index is 11.6. The van der Waals surface area contributed by atoms with E-state index in [0.29, 0.717) is 12.3 Å². The third kappa shape index (κ3) is 3.31. The van der Waals surface area contributed by atoms with E-state index in [9.17, 15) is 4.79 Å². The van der Waals surface area contributed by atoms with Gasteiger partial charge in [0.15, 0.2) is 0 Å². The number of rotatable bonds is 4. The second-order valence-electron chi connectivity index (χ2n) is 4.20. The van der Waals surface area contributed by atoms with Crippen LogP contribution in [0.25, 0.3) is 0 Å². The summed E-state index contributed by atoms with van der Waals surface area (Å²) in [6, 6.07) is 3.77. The Labute approximate surface area is 95.5 Å². The predicted octanol–water partition coefficient (Wildman–Crippen LogP) is 0.350. The number of pyridine rings is 1. The molecule has 4 heteroatoms. The first-order chi connectivity index (χ1) is 7.84. The smallest absolute Gasteiger partial charge is 0.224 e. The molecule has 86 valence electrons. The highest BCUT2D eigenvalue weighted by Gasteiger charge is 2.14. The van der Waals surface area contributed by atoms with Crippen LogP contribution in [0.5, 0.6) is 0 Å². The lowest BCUT2D eigenvalue weighted by molar-refractivity contribution is -0.120. The van der Waals surface area contributed by atoms with E-state index in [0.717, 1.165) is 31.6 Å². The van der Waals surface area contributed by atoms with Crippen LogP contribution in [0.15, 0.2) is 24.5 Å². The van der Waals surface area contributed by atoms with Gasteiger partial charge in [-0.25, -0.2) is 0 Å². The zero-order valence-electron chi connectivity index (χ0n) is 9.28. The maximum absolute atomic E-state index is 11.6. The third-order valence-corrected chi connectivity index (χ3v) is 2.84. The van der Waals surface area contributed by atoms with E-state index in [1.54, 1.807) is 12.4 Å². The van der Waals surface area contributed by atoms with Crippen LogP contribution < -0.4 is 10.6 Å². The summed E-state index contributed by atoms with van der Waals surface area (Å²) in [6.45, 7) is 2.88. The molecule has 1 fully saturated rings. The Morgan fingerprint density at radius 3 is 3.25 bits per heavy atom. The van der Waals surface area contributed by atoms with Crippen LogP contribution in [0.1, 0.15) is 12.0 Å². The van der Waals surface area contributed by atoms with Crippen molar-refractivity contribution in [1.29, 1.82) is 0 Å². The standard InChI is InChI=1S/C12H17N3O/c16-12(6-10-2-1-4-13-7-10)15-9-11-3-5-14-8-11/h1-2,4,7,11,14H,3,5-6,8-9H2,(H,15,16). The lowest BCUT2D eigenvalue weighted by Gasteiger charge is -2.09. The molecule has 2 N–H and O–H groups in total. The number of amides is 1. The Kier molecular flexibility index (Phi) is 3.88. The second-order valence-corrected chi connectivity index (χ2v) is 4.20. The van der Waals surface area contributed by atoms with Gasteiger partial charge < -0.3 is 10.6 Å². The fraction of sp³-hybridized carbons (Fsp3) is 0.500. The summed E-state index contributed by atoms with van der Waals surface area (Å²) in [5, 5.41) is 6.25. The minimum atomic E-state index is 0.0832. The fourth-order valence-electron chi connectivity index (χ4n) is 1.90. The van der Waals surface area contributed by atoms with Crippen LogP contribution >= 0.6 is 0 Å². The van der Waals surface area contributed by atoms with E-state index in [4.69, 9.17) is 0 Å². The second kappa shape index (κ2) is 5.61.